The Balaban J connectivity index is 1.47. The summed E-state index contributed by atoms with van der Waals surface area (Å²) in [5.74, 6) is 0.00250. The van der Waals surface area contributed by atoms with Gasteiger partial charge in [0.2, 0.25) is 5.91 Å². The lowest BCUT2D eigenvalue weighted by Crippen LogP contribution is -2.13. The Morgan fingerprint density at radius 2 is 2.00 bits per heavy atom. The van der Waals surface area contributed by atoms with Crippen LogP contribution in [0.2, 0.25) is 0 Å². The molecule has 4 nitrogen and oxygen atoms in total. The zero-order chi connectivity index (χ0) is 15.6. The first-order valence-electron chi connectivity index (χ1n) is 7.13. The number of hydrogen-bond acceptors (Lipinski definition) is 4. The molecule has 0 aliphatic heterocycles. The SMILES string of the molecule is O=C(Cc1cccs1)Nc1ccc(-c2cn3ccsc3n2)cc1. The Bertz CT molecular complexity index is 907. The van der Waals surface area contributed by atoms with Gasteiger partial charge in [-0.1, -0.05) is 18.2 Å². The van der Waals surface area contributed by atoms with Crippen molar-refractivity contribution in [3.05, 3.63) is 64.4 Å². The summed E-state index contributed by atoms with van der Waals surface area (Å²) < 4.78 is 2.01. The van der Waals surface area contributed by atoms with Gasteiger partial charge in [-0.2, -0.15) is 0 Å². The predicted molar refractivity (Wildman–Crippen MR) is 95.2 cm³/mol. The molecule has 0 bridgehead atoms. The first kappa shape index (κ1) is 14.2. The second-order valence-electron chi connectivity index (χ2n) is 5.10. The summed E-state index contributed by atoms with van der Waals surface area (Å²) >= 11 is 3.21. The second kappa shape index (κ2) is 5.98. The molecule has 0 atom stereocenters. The normalized spacial score (nSPS) is 11.0. The van der Waals surface area contributed by atoms with Gasteiger partial charge < -0.3 is 5.32 Å². The van der Waals surface area contributed by atoms with E-state index in [1.54, 1.807) is 22.7 Å². The summed E-state index contributed by atoms with van der Waals surface area (Å²) in [5.41, 5.74) is 2.78. The molecule has 0 unspecified atom stereocenters. The van der Waals surface area contributed by atoms with E-state index in [4.69, 9.17) is 0 Å². The summed E-state index contributed by atoms with van der Waals surface area (Å²) in [5, 5.41) is 6.92. The number of benzene rings is 1. The van der Waals surface area contributed by atoms with E-state index in [1.807, 2.05) is 64.0 Å². The molecule has 3 aromatic heterocycles. The fourth-order valence-corrected chi connectivity index (χ4v) is 3.77. The van der Waals surface area contributed by atoms with E-state index in [9.17, 15) is 4.79 Å². The number of anilines is 1. The second-order valence-corrected chi connectivity index (χ2v) is 7.01. The van der Waals surface area contributed by atoms with Crippen LogP contribution in [0.4, 0.5) is 5.69 Å². The van der Waals surface area contributed by atoms with Gasteiger partial charge in [0.25, 0.3) is 0 Å². The Labute approximate surface area is 141 Å². The van der Waals surface area contributed by atoms with Crippen LogP contribution in [0.15, 0.2) is 59.6 Å². The van der Waals surface area contributed by atoms with E-state index in [1.165, 1.54) is 0 Å². The number of rotatable bonds is 4. The van der Waals surface area contributed by atoms with Crippen molar-refractivity contribution in [3.8, 4) is 11.3 Å². The highest BCUT2D eigenvalue weighted by molar-refractivity contribution is 7.15. The number of carbonyl (C=O) groups is 1. The lowest BCUT2D eigenvalue weighted by atomic mass is 10.1. The number of hydrogen-bond donors (Lipinski definition) is 1. The molecule has 4 aromatic rings. The van der Waals surface area contributed by atoms with Gasteiger partial charge in [-0.3, -0.25) is 9.20 Å². The number of nitrogens with zero attached hydrogens (tertiary/aromatic N) is 2. The number of carbonyl (C=O) groups excluding carboxylic acids is 1. The molecule has 0 saturated heterocycles. The van der Waals surface area contributed by atoms with Crippen LogP contribution in [0.3, 0.4) is 0 Å². The van der Waals surface area contributed by atoms with Crippen molar-refractivity contribution in [2.75, 3.05) is 5.32 Å². The molecule has 0 fully saturated rings. The number of amides is 1. The third-order valence-corrected chi connectivity index (χ3v) is 5.12. The van der Waals surface area contributed by atoms with Gasteiger partial charge in [0, 0.05) is 33.9 Å². The topological polar surface area (TPSA) is 46.4 Å². The first-order chi connectivity index (χ1) is 11.3. The summed E-state index contributed by atoms with van der Waals surface area (Å²) in [6, 6.07) is 11.7. The Morgan fingerprint density at radius 1 is 1.13 bits per heavy atom. The van der Waals surface area contributed by atoms with Crippen LogP contribution in [0.1, 0.15) is 4.88 Å². The molecule has 3 heterocycles. The van der Waals surface area contributed by atoms with Crippen LogP contribution in [0.5, 0.6) is 0 Å². The minimum absolute atomic E-state index is 0.00250. The molecule has 0 aliphatic rings. The van der Waals surface area contributed by atoms with E-state index in [2.05, 4.69) is 10.3 Å². The molecule has 1 N–H and O–H groups in total. The number of thiophene rings is 1. The molecule has 4 rings (SSSR count). The molecule has 0 aliphatic carbocycles. The average molecular weight is 339 g/mol. The summed E-state index contributed by atoms with van der Waals surface area (Å²) in [6.45, 7) is 0. The van der Waals surface area contributed by atoms with Gasteiger partial charge in [0.1, 0.15) is 0 Å². The zero-order valence-corrected chi connectivity index (χ0v) is 13.7. The van der Waals surface area contributed by atoms with Crippen molar-refractivity contribution >= 4 is 39.2 Å². The number of imidazole rings is 1. The van der Waals surface area contributed by atoms with Crippen LogP contribution in [0.25, 0.3) is 16.2 Å². The maximum Gasteiger partial charge on any atom is 0.229 e. The van der Waals surface area contributed by atoms with Crippen molar-refractivity contribution in [1.82, 2.24) is 9.38 Å². The van der Waals surface area contributed by atoms with Gasteiger partial charge >= 0.3 is 0 Å². The van der Waals surface area contributed by atoms with Crippen LogP contribution < -0.4 is 5.32 Å². The molecular weight excluding hydrogens is 326 g/mol. The van der Waals surface area contributed by atoms with E-state index in [0.717, 1.165) is 26.8 Å². The van der Waals surface area contributed by atoms with Crippen molar-refractivity contribution in [2.45, 2.75) is 6.42 Å². The molecule has 1 aromatic carbocycles. The predicted octanol–water partition coefficient (Wildman–Crippen LogP) is 4.31. The Kier molecular flexibility index (Phi) is 3.69. The third kappa shape index (κ3) is 3.04. The fraction of sp³-hybridized carbons (Fsp3) is 0.0588. The molecule has 114 valence electrons. The minimum Gasteiger partial charge on any atom is -0.326 e. The molecule has 0 radical (unpaired) electrons. The molecule has 1 amide bonds. The number of aromatic nitrogens is 2. The standard InChI is InChI=1S/C17H13N3OS2/c21-16(10-14-2-1-8-22-14)18-13-5-3-12(4-6-13)15-11-20-7-9-23-17(20)19-15/h1-9,11H,10H2,(H,18,21). The summed E-state index contributed by atoms with van der Waals surface area (Å²) in [6.07, 6.45) is 4.42. The highest BCUT2D eigenvalue weighted by Crippen LogP contribution is 2.23. The van der Waals surface area contributed by atoms with Crippen LogP contribution in [-0.4, -0.2) is 15.3 Å². The van der Waals surface area contributed by atoms with Crippen molar-refractivity contribution in [1.29, 1.82) is 0 Å². The van der Waals surface area contributed by atoms with Crippen LogP contribution in [-0.2, 0) is 11.2 Å². The third-order valence-electron chi connectivity index (χ3n) is 3.47. The maximum absolute atomic E-state index is 12.0. The fourth-order valence-electron chi connectivity index (χ4n) is 2.37. The largest absolute Gasteiger partial charge is 0.326 e. The molecule has 0 saturated carbocycles. The van der Waals surface area contributed by atoms with Crippen molar-refractivity contribution < 1.29 is 4.79 Å². The lowest BCUT2D eigenvalue weighted by molar-refractivity contribution is -0.115. The number of fused-ring (bicyclic) bond motifs is 1. The summed E-state index contributed by atoms with van der Waals surface area (Å²) in [7, 11) is 0. The monoisotopic (exact) mass is 339 g/mol. The van der Waals surface area contributed by atoms with Crippen molar-refractivity contribution in [3.63, 3.8) is 0 Å². The van der Waals surface area contributed by atoms with E-state index in [-0.39, 0.29) is 5.91 Å². The van der Waals surface area contributed by atoms with Gasteiger partial charge in [-0.05, 0) is 23.6 Å². The zero-order valence-electron chi connectivity index (χ0n) is 12.1. The Morgan fingerprint density at radius 3 is 2.74 bits per heavy atom. The van der Waals surface area contributed by atoms with E-state index < -0.39 is 0 Å². The minimum atomic E-state index is 0.00250. The molecule has 0 spiro atoms. The van der Waals surface area contributed by atoms with Crippen molar-refractivity contribution in [2.24, 2.45) is 0 Å². The van der Waals surface area contributed by atoms with Crippen LogP contribution in [0, 0.1) is 0 Å². The van der Waals surface area contributed by atoms with Gasteiger partial charge in [0.05, 0.1) is 12.1 Å². The highest BCUT2D eigenvalue weighted by atomic mass is 32.1. The summed E-state index contributed by atoms with van der Waals surface area (Å²) in [4.78, 5) is 18.6. The van der Waals surface area contributed by atoms with Crippen LogP contribution >= 0.6 is 22.7 Å². The smallest absolute Gasteiger partial charge is 0.229 e. The molecule has 23 heavy (non-hydrogen) atoms. The maximum atomic E-state index is 12.0. The van der Waals surface area contributed by atoms with E-state index >= 15 is 0 Å². The highest BCUT2D eigenvalue weighted by Gasteiger charge is 2.07. The Hall–Kier alpha value is -2.44. The van der Waals surface area contributed by atoms with Gasteiger partial charge in [0.15, 0.2) is 4.96 Å². The quantitative estimate of drug-likeness (QED) is 0.602. The average Bonchev–Trinajstić information content (AvgIpc) is 3.24. The first-order valence-corrected chi connectivity index (χ1v) is 8.89. The molecular formula is C17H13N3OS2. The number of thiazole rings is 1. The van der Waals surface area contributed by atoms with Gasteiger partial charge in [-0.15, -0.1) is 22.7 Å². The van der Waals surface area contributed by atoms with Gasteiger partial charge in [-0.25, -0.2) is 4.98 Å². The molecule has 6 heteroatoms. The lowest BCUT2D eigenvalue weighted by Gasteiger charge is -2.05. The van der Waals surface area contributed by atoms with E-state index in [0.29, 0.717) is 6.42 Å². The number of nitrogens with one attached hydrogen (secondary N) is 1.